The van der Waals surface area contributed by atoms with Crippen LogP contribution in [0.5, 0.6) is 0 Å². The molecule has 0 radical (unpaired) electrons. The maximum atomic E-state index is 12.7. The first kappa shape index (κ1) is 19.2. The normalized spacial score (nSPS) is 14.6. The fraction of sp³-hybridized carbons (Fsp3) is 0.227. The number of quaternary nitrogens is 1. The van der Waals surface area contributed by atoms with Crippen LogP contribution < -0.4 is 15.4 Å². The lowest BCUT2D eigenvalue weighted by atomic mass is 10.1. The van der Waals surface area contributed by atoms with Gasteiger partial charge in [0.2, 0.25) is 0 Å². The Morgan fingerprint density at radius 1 is 1.07 bits per heavy atom. The van der Waals surface area contributed by atoms with E-state index in [4.69, 9.17) is 16.9 Å². The zero-order valence-corrected chi connectivity index (χ0v) is 16.6. The largest absolute Gasteiger partial charge is 0.358 e. The Hall–Kier alpha value is -3.14. The molecule has 7 heteroatoms. The number of hydrogen-bond donors (Lipinski definition) is 1. The third-order valence-electron chi connectivity index (χ3n) is 5.25. The van der Waals surface area contributed by atoms with Crippen LogP contribution in [0.4, 0.5) is 5.69 Å². The van der Waals surface area contributed by atoms with Gasteiger partial charge in [0.1, 0.15) is 11.6 Å². The maximum absolute atomic E-state index is 12.7. The lowest BCUT2D eigenvalue weighted by molar-refractivity contribution is -0.914. The van der Waals surface area contributed by atoms with Crippen molar-refractivity contribution in [3.05, 3.63) is 87.3 Å². The fourth-order valence-electron chi connectivity index (χ4n) is 3.62. The summed E-state index contributed by atoms with van der Waals surface area (Å²) >= 11 is 6.43. The van der Waals surface area contributed by atoms with Gasteiger partial charge in [0.05, 0.1) is 55.4 Å². The first-order chi connectivity index (χ1) is 14.2. The molecule has 0 spiro atoms. The van der Waals surface area contributed by atoms with E-state index in [0.29, 0.717) is 16.9 Å². The number of benzene rings is 2. The first-order valence-corrected chi connectivity index (χ1v) is 9.94. The molecule has 0 unspecified atom stereocenters. The second-order valence-corrected chi connectivity index (χ2v) is 7.50. The zero-order chi connectivity index (χ0) is 20.2. The van der Waals surface area contributed by atoms with Gasteiger partial charge in [-0.05, 0) is 24.3 Å². The van der Waals surface area contributed by atoms with Crippen molar-refractivity contribution in [1.82, 2.24) is 9.78 Å². The average Bonchev–Trinajstić information content (AvgIpc) is 2.77. The summed E-state index contributed by atoms with van der Waals surface area (Å²) in [5.74, 6) is 0. The highest BCUT2D eigenvalue weighted by atomic mass is 35.5. The number of nitriles is 1. The topological polar surface area (TPSA) is 66.4 Å². The summed E-state index contributed by atoms with van der Waals surface area (Å²) in [6, 6.07) is 19.2. The fourth-order valence-corrected chi connectivity index (χ4v) is 3.87. The molecule has 1 fully saturated rings. The highest BCUT2D eigenvalue weighted by Crippen LogP contribution is 2.21. The van der Waals surface area contributed by atoms with E-state index in [0.717, 1.165) is 32.7 Å². The quantitative estimate of drug-likeness (QED) is 0.715. The van der Waals surface area contributed by atoms with Gasteiger partial charge in [-0.2, -0.15) is 15.0 Å². The standard InChI is InChI=1S/C22H20ClN5O/c23-21-20(15-25-28(22(21)29)19-4-2-1-3-5-19)27-12-10-26(11-13-27)16-18-8-6-17(14-24)7-9-18/h1-9,15H,10-13,16H2/p+1. The summed E-state index contributed by atoms with van der Waals surface area (Å²) in [6.07, 6.45) is 1.68. The van der Waals surface area contributed by atoms with E-state index in [1.807, 2.05) is 54.6 Å². The Balaban J connectivity index is 1.44. The Kier molecular flexibility index (Phi) is 5.61. The Labute approximate surface area is 174 Å². The molecule has 6 nitrogen and oxygen atoms in total. The van der Waals surface area contributed by atoms with Crippen molar-refractivity contribution < 1.29 is 4.90 Å². The summed E-state index contributed by atoms with van der Waals surface area (Å²) in [7, 11) is 0. The molecule has 0 saturated carbocycles. The molecule has 1 aromatic heterocycles. The van der Waals surface area contributed by atoms with Crippen LogP contribution in [0.25, 0.3) is 5.69 Å². The Morgan fingerprint density at radius 2 is 1.76 bits per heavy atom. The van der Waals surface area contributed by atoms with Crippen molar-refractivity contribution in [2.24, 2.45) is 0 Å². The van der Waals surface area contributed by atoms with Gasteiger partial charge in [-0.15, -0.1) is 0 Å². The van der Waals surface area contributed by atoms with Gasteiger partial charge in [0.25, 0.3) is 5.56 Å². The number of halogens is 1. The van der Waals surface area contributed by atoms with Gasteiger partial charge in [-0.1, -0.05) is 41.9 Å². The number of para-hydroxylation sites is 1. The lowest BCUT2D eigenvalue weighted by Crippen LogP contribution is -3.13. The number of aromatic nitrogens is 2. The van der Waals surface area contributed by atoms with E-state index >= 15 is 0 Å². The summed E-state index contributed by atoms with van der Waals surface area (Å²) in [6.45, 7) is 4.42. The molecule has 4 rings (SSSR count). The summed E-state index contributed by atoms with van der Waals surface area (Å²) < 4.78 is 1.33. The summed E-state index contributed by atoms with van der Waals surface area (Å²) in [5.41, 5.74) is 2.99. The van der Waals surface area contributed by atoms with Crippen LogP contribution in [0.15, 0.2) is 65.6 Å². The predicted molar refractivity (Wildman–Crippen MR) is 113 cm³/mol. The van der Waals surface area contributed by atoms with Gasteiger partial charge >= 0.3 is 0 Å². The maximum Gasteiger partial charge on any atom is 0.292 e. The molecule has 0 aliphatic carbocycles. The molecule has 2 heterocycles. The molecular weight excluding hydrogens is 386 g/mol. The molecule has 2 aromatic carbocycles. The molecule has 1 saturated heterocycles. The highest BCUT2D eigenvalue weighted by Gasteiger charge is 2.23. The van der Waals surface area contributed by atoms with Crippen LogP contribution in [0.3, 0.4) is 0 Å². The summed E-state index contributed by atoms with van der Waals surface area (Å²) in [4.78, 5) is 16.3. The minimum absolute atomic E-state index is 0.208. The van der Waals surface area contributed by atoms with Crippen LogP contribution in [0.1, 0.15) is 11.1 Å². The van der Waals surface area contributed by atoms with Crippen molar-refractivity contribution in [3.63, 3.8) is 0 Å². The lowest BCUT2D eigenvalue weighted by Gasteiger charge is -2.33. The van der Waals surface area contributed by atoms with E-state index in [1.165, 1.54) is 15.1 Å². The van der Waals surface area contributed by atoms with Crippen molar-refractivity contribution in [2.45, 2.75) is 6.54 Å². The second kappa shape index (κ2) is 8.48. The number of rotatable bonds is 4. The van der Waals surface area contributed by atoms with E-state index < -0.39 is 0 Å². The third-order valence-corrected chi connectivity index (χ3v) is 5.60. The van der Waals surface area contributed by atoms with Crippen LogP contribution in [-0.4, -0.2) is 36.0 Å². The van der Waals surface area contributed by atoms with Crippen molar-refractivity contribution in [3.8, 4) is 11.8 Å². The van der Waals surface area contributed by atoms with Gasteiger partial charge in [0, 0.05) is 5.56 Å². The third kappa shape index (κ3) is 4.16. The molecule has 3 aromatic rings. The molecule has 29 heavy (non-hydrogen) atoms. The van der Waals surface area contributed by atoms with Gasteiger partial charge in [0.15, 0.2) is 0 Å². The zero-order valence-electron chi connectivity index (χ0n) is 15.9. The Morgan fingerprint density at radius 3 is 2.41 bits per heavy atom. The number of nitrogens with one attached hydrogen (secondary N) is 1. The smallest absolute Gasteiger partial charge is 0.292 e. The molecule has 0 amide bonds. The SMILES string of the molecule is N#Cc1ccc(C[NH+]2CCN(c3cnn(-c4ccccc4)c(=O)c3Cl)CC2)cc1. The molecule has 1 aliphatic heterocycles. The van der Waals surface area contributed by atoms with E-state index in [2.05, 4.69) is 16.1 Å². The van der Waals surface area contributed by atoms with E-state index in [9.17, 15) is 4.79 Å². The average molecular weight is 407 g/mol. The molecular formula is C22H21ClN5O+. The number of piperazine rings is 1. The van der Waals surface area contributed by atoms with Crippen molar-refractivity contribution in [1.29, 1.82) is 5.26 Å². The van der Waals surface area contributed by atoms with Crippen LogP contribution in [-0.2, 0) is 6.54 Å². The minimum Gasteiger partial charge on any atom is -0.358 e. The van der Waals surface area contributed by atoms with Gasteiger partial charge < -0.3 is 9.80 Å². The molecule has 1 aliphatic rings. The van der Waals surface area contributed by atoms with Gasteiger partial charge in [-0.25, -0.2) is 0 Å². The number of anilines is 1. The van der Waals surface area contributed by atoms with Crippen molar-refractivity contribution >= 4 is 17.3 Å². The number of nitrogens with zero attached hydrogens (tertiary/aromatic N) is 4. The van der Waals surface area contributed by atoms with Crippen molar-refractivity contribution in [2.75, 3.05) is 31.1 Å². The van der Waals surface area contributed by atoms with Crippen LogP contribution >= 0.6 is 11.6 Å². The first-order valence-electron chi connectivity index (χ1n) is 9.56. The van der Waals surface area contributed by atoms with E-state index in [1.54, 1.807) is 6.20 Å². The molecule has 1 N–H and O–H groups in total. The monoisotopic (exact) mass is 406 g/mol. The predicted octanol–water partition coefficient (Wildman–Crippen LogP) is 1.66. The van der Waals surface area contributed by atoms with E-state index in [-0.39, 0.29) is 10.6 Å². The molecule has 146 valence electrons. The Bertz CT molecular complexity index is 1080. The van der Waals surface area contributed by atoms with Crippen LogP contribution in [0.2, 0.25) is 5.02 Å². The molecule has 0 bridgehead atoms. The second-order valence-electron chi connectivity index (χ2n) is 7.12. The number of hydrogen-bond acceptors (Lipinski definition) is 4. The summed E-state index contributed by atoms with van der Waals surface area (Å²) in [5, 5.41) is 13.5. The highest BCUT2D eigenvalue weighted by molar-refractivity contribution is 6.33. The van der Waals surface area contributed by atoms with Crippen LogP contribution in [0, 0.1) is 11.3 Å². The van der Waals surface area contributed by atoms with Gasteiger partial charge in [-0.3, -0.25) is 4.79 Å². The molecule has 0 atom stereocenters. The minimum atomic E-state index is -0.303.